The smallest absolute Gasteiger partial charge is 0.229 e. The zero-order valence-corrected chi connectivity index (χ0v) is 13.6. The lowest BCUT2D eigenvalue weighted by atomic mass is 9.94. The van der Waals surface area contributed by atoms with E-state index in [0.29, 0.717) is 12.1 Å². The van der Waals surface area contributed by atoms with Crippen LogP contribution >= 0.6 is 0 Å². The Hall–Kier alpha value is -2.66. The lowest BCUT2D eigenvalue weighted by Crippen LogP contribution is -2.30. The maximum atomic E-state index is 12.5. The van der Waals surface area contributed by atoms with E-state index in [1.807, 2.05) is 49.4 Å². The van der Waals surface area contributed by atoms with Crippen molar-refractivity contribution >= 4 is 23.2 Å². The van der Waals surface area contributed by atoms with E-state index >= 15 is 0 Å². The molecule has 2 amide bonds. The van der Waals surface area contributed by atoms with Gasteiger partial charge >= 0.3 is 0 Å². The number of rotatable bonds is 4. The second-order valence-corrected chi connectivity index (χ2v) is 6.13. The van der Waals surface area contributed by atoms with Gasteiger partial charge in [0.25, 0.3) is 0 Å². The molecule has 124 valence electrons. The zero-order chi connectivity index (χ0) is 17.1. The topological polar surface area (TPSA) is 84.2 Å². The summed E-state index contributed by atoms with van der Waals surface area (Å²) in [5.41, 5.74) is 9.65. The normalized spacial score (nSPS) is 15.8. The van der Waals surface area contributed by atoms with Crippen LogP contribution in [0.25, 0.3) is 0 Å². The molecule has 1 aliphatic rings. The number of aryl methyl sites for hydroxylation is 1. The second kappa shape index (κ2) is 6.84. The van der Waals surface area contributed by atoms with Gasteiger partial charge in [-0.3, -0.25) is 9.59 Å². The first-order valence-corrected chi connectivity index (χ1v) is 8.09. The molecule has 0 radical (unpaired) electrons. The van der Waals surface area contributed by atoms with E-state index in [1.165, 1.54) is 0 Å². The summed E-state index contributed by atoms with van der Waals surface area (Å²) in [7, 11) is 0. The number of amides is 2. The van der Waals surface area contributed by atoms with E-state index in [-0.39, 0.29) is 23.8 Å². The summed E-state index contributed by atoms with van der Waals surface area (Å²) in [6.45, 7) is 1.81. The Kier molecular flexibility index (Phi) is 4.62. The molecule has 0 bridgehead atoms. The minimum atomic E-state index is -0.377. The minimum absolute atomic E-state index is 0.00504. The molecule has 2 aromatic carbocycles. The van der Waals surface area contributed by atoms with Crippen LogP contribution in [0.15, 0.2) is 48.5 Å². The third-order valence-electron chi connectivity index (χ3n) is 4.41. The molecule has 0 aliphatic carbocycles. The lowest BCUT2D eigenvalue weighted by molar-refractivity contribution is -0.120. The van der Waals surface area contributed by atoms with E-state index in [2.05, 4.69) is 10.6 Å². The average Bonchev–Trinajstić information content (AvgIpc) is 2.60. The van der Waals surface area contributed by atoms with Crippen molar-refractivity contribution in [2.24, 2.45) is 11.7 Å². The monoisotopic (exact) mass is 323 g/mol. The summed E-state index contributed by atoms with van der Waals surface area (Å²) in [4.78, 5) is 24.0. The molecule has 1 aliphatic heterocycles. The Morgan fingerprint density at radius 2 is 1.92 bits per heavy atom. The summed E-state index contributed by atoms with van der Waals surface area (Å²) in [6, 6.07) is 14.8. The second-order valence-electron chi connectivity index (χ2n) is 6.13. The van der Waals surface area contributed by atoms with E-state index in [4.69, 9.17) is 5.73 Å². The van der Waals surface area contributed by atoms with Crippen LogP contribution in [-0.4, -0.2) is 11.8 Å². The lowest BCUT2D eigenvalue weighted by Gasteiger charge is -2.21. The van der Waals surface area contributed by atoms with Crippen molar-refractivity contribution in [3.63, 3.8) is 0 Å². The zero-order valence-electron chi connectivity index (χ0n) is 13.6. The molecule has 2 atom stereocenters. The van der Waals surface area contributed by atoms with Gasteiger partial charge in [-0.25, -0.2) is 0 Å². The highest BCUT2D eigenvalue weighted by molar-refractivity contribution is 5.97. The van der Waals surface area contributed by atoms with Gasteiger partial charge < -0.3 is 16.4 Å². The molecular formula is C19H21N3O2. The molecule has 1 heterocycles. The molecule has 5 nitrogen and oxygen atoms in total. The number of carbonyl (C=O) groups excluding carboxylic acids is 2. The van der Waals surface area contributed by atoms with Crippen molar-refractivity contribution in [1.82, 2.24) is 0 Å². The van der Waals surface area contributed by atoms with Gasteiger partial charge in [-0.2, -0.15) is 0 Å². The Bertz CT molecular complexity index is 758. The Morgan fingerprint density at radius 1 is 1.17 bits per heavy atom. The van der Waals surface area contributed by atoms with Gasteiger partial charge in [-0.05, 0) is 29.7 Å². The highest BCUT2D eigenvalue weighted by Crippen LogP contribution is 2.27. The molecule has 2 unspecified atom stereocenters. The summed E-state index contributed by atoms with van der Waals surface area (Å²) >= 11 is 0. The summed E-state index contributed by atoms with van der Waals surface area (Å²) < 4.78 is 0. The Balaban J connectivity index is 1.70. The molecule has 0 fully saturated rings. The fourth-order valence-electron chi connectivity index (χ4n) is 2.83. The van der Waals surface area contributed by atoms with E-state index < -0.39 is 0 Å². The molecule has 2 aromatic rings. The summed E-state index contributed by atoms with van der Waals surface area (Å²) in [5.74, 6) is -0.517. The number of anilines is 2. The number of fused-ring (bicyclic) bond motifs is 1. The summed E-state index contributed by atoms with van der Waals surface area (Å²) in [5, 5.41) is 5.72. The van der Waals surface area contributed by atoms with Gasteiger partial charge in [-0.15, -0.1) is 0 Å². The number of nitrogens with one attached hydrogen (secondary N) is 2. The Morgan fingerprint density at radius 3 is 2.67 bits per heavy atom. The SMILES string of the molecule is CC(C(=O)Nc1ccc2c(c1)NC(=O)CC2)C(N)c1ccccc1. The maximum absolute atomic E-state index is 12.5. The highest BCUT2D eigenvalue weighted by atomic mass is 16.2. The molecular weight excluding hydrogens is 302 g/mol. The number of carbonyl (C=O) groups is 2. The van der Waals surface area contributed by atoms with E-state index in [9.17, 15) is 9.59 Å². The minimum Gasteiger partial charge on any atom is -0.326 e. The van der Waals surface area contributed by atoms with Crippen molar-refractivity contribution in [2.45, 2.75) is 25.8 Å². The third kappa shape index (κ3) is 3.46. The molecule has 4 N–H and O–H groups in total. The van der Waals surface area contributed by atoms with Crippen LogP contribution in [0, 0.1) is 5.92 Å². The fourth-order valence-corrected chi connectivity index (χ4v) is 2.83. The fraction of sp³-hybridized carbons (Fsp3) is 0.263. The van der Waals surface area contributed by atoms with Crippen LogP contribution in [0.2, 0.25) is 0 Å². The maximum Gasteiger partial charge on any atom is 0.229 e. The van der Waals surface area contributed by atoms with E-state index in [0.717, 1.165) is 23.2 Å². The van der Waals surface area contributed by atoms with Crippen molar-refractivity contribution in [1.29, 1.82) is 0 Å². The van der Waals surface area contributed by atoms with Gasteiger partial charge in [0.15, 0.2) is 0 Å². The predicted octanol–water partition coefficient (Wildman–Crippen LogP) is 2.85. The number of hydrogen-bond donors (Lipinski definition) is 3. The van der Waals surface area contributed by atoms with Crippen LogP contribution in [0.4, 0.5) is 11.4 Å². The van der Waals surface area contributed by atoms with Crippen molar-refractivity contribution in [2.75, 3.05) is 10.6 Å². The summed E-state index contributed by atoms with van der Waals surface area (Å²) in [6.07, 6.45) is 1.23. The molecule has 0 saturated heterocycles. The standard InChI is InChI=1S/C19H21N3O2/c1-12(18(20)14-5-3-2-4-6-14)19(24)21-15-9-7-13-8-10-17(23)22-16(13)11-15/h2-7,9,11-12,18H,8,10,20H2,1H3,(H,21,24)(H,22,23). The largest absolute Gasteiger partial charge is 0.326 e. The first-order valence-electron chi connectivity index (χ1n) is 8.09. The quantitative estimate of drug-likeness (QED) is 0.809. The average molecular weight is 323 g/mol. The van der Waals surface area contributed by atoms with E-state index in [1.54, 1.807) is 6.07 Å². The molecule has 3 rings (SSSR count). The van der Waals surface area contributed by atoms with Gasteiger partial charge in [0.05, 0.1) is 5.92 Å². The molecule has 0 aromatic heterocycles. The molecule has 0 spiro atoms. The predicted molar refractivity (Wildman–Crippen MR) is 94.6 cm³/mol. The van der Waals surface area contributed by atoms with Gasteiger partial charge in [0, 0.05) is 23.8 Å². The van der Waals surface area contributed by atoms with Crippen molar-refractivity contribution in [3.05, 3.63) is 59.7 Å². The molecule has 5 heteroatoms. The van der Waals surface area contributed by atoms with Crippen molar-refractivity contribution < 1.29 is 9.59 Å². The van der Waals surface area contributed by atoms with Gasteiger partial charge in [0.2, 0.25) is 11.8 Å². The number of benzene rings is 2. The Labute approximate surface area is 141 Å². The van der Waals surface area contributed by atoms with Crippen LogP contribution < -0.4 is 16.4 Å². The van der Waals surface area contributed by atoms with Gasteiger partial charge in [-0.1, -0.05) is 43.3 Å². The molecule has 24 heavy (non-hydrogen) atoms. The molecule has 0 saturated carbocycles. The van der Waals surface area contributed by atoms with Crippen LogP contribution in [0.1, 0.15) is 30.5 Å². The van der Waals surface area contributed by atoms with Gasteiger partial charge in [0.1, 0.15) is 0 Å². The number of hydrogen-bond acceptors (Lipinski definition) is 3. The highest BCUT2D eigenvalue weighted by Gasteiger charge is 2.23. The number of nitrogens with two attached hydrogens (primary N) is 1. The van der Waals surface area contributed by atoms with Crippen LogP contribution in [0.3, 0.4) is 0 Å². The van der Waals surface area contributed by atoms with Crippen molar-refractivity contribution in [3.8, 4) is 0 Å². The van der Waals surface area contributed by atoms with Crippen LogP contribution in [0.5, 0.6) is 0 Å². The van der Waals surface area contributed by atoms with Crippen LogP contribution in [-0.2, 0) is 16.0 Å². The first kappa shape index (κ1) is 16.2. The first-order chi connectivity index (χ1) is 11.5. The third-order valence-corrected chi connectivity index (χ3v) is 4.41.